The maximum absolute atomic E-state index is 12.6. The van der Waals surface area contributed by atoms with E-state index in [4.69, 9.17) is 9.47 Å². The first-order chi connectivity index (χ1) is 19.2. The summed E-state index contributed by atoms with van der Waals surface area (Å²) in [6, 6.07) is 10.4. The highest BCUT2D eigenvalue weighted by Crippen LogP contribution is 2.31. The van der Waals surface area contributed by atoms with Crippen LogP contribution in [-0.2, 0) is 9.59 Å². The van der Waals surface area contributed by atoms with Gasteiger partial charge in [0.05, 0.1) is 17.6 Å². The number of carbonyl (C=O) groups excluding carboxylic acids is 4. The standard InChI is InChI=1S/C28H28N4O8/c1-3-13-30-26(34)19(17-29)15-18-11-12-22(23(16-18)39-2)40-24(33)10-5-4-6-14-31-27(35)20-8-7-9-21(32(37)38)25(20)28(31)36/h7-9,11-12,15-16H,3-6,10,13-14H2,1-2H3,(H,30,34)/b19-15+. The molecule has 40 heavy (non-hydrogen) atoms. The fourth-order valence-corrected chi connectivity index (χ4v) is 4.07. The molecule has 1 heterocycles. The van der Waals surface area contributed by atoms with Gasteiger partial charge in [0.2, 0.25) is 0 Å². The third-order valence-corrected chi connectivity index (χ3v) is 6.06. The van der Waals surface area contributed by atoms with Gasteiger partial charge in [-0.1, -0.05) is 25.5 Å². The average molecular weight is 549 g/mol. The van der Waals surface area contributed by atoms with E-state index in [9.17, 15) is 34.6 Å². The van der Waals surface area contributed by atoms with Gasteiger partial charge in [-0.15, -0.1) is 0 Å². The Morgan fingerprint density at radius 2 is 1.90 bits per heavy atom. The molecule has 2 aromatic rings. The van der Waals surface area contributed by atoms with Gasteiger partial charge in [0.15, 0.2) is 11.5 Å². The number of nitro groups is 1. The average Bonchev–Trinajstić information content (AvgIpc) is 3.19. The van der Waals surface area contributed by atoms with Crippen molar-refractivity contribution in [2.24, 2.45) is 0 Å². The smallest absolute Gasteiger partial charge is 0.311 e. The van der Waals surface area contributed by atoms with Crippen LogP contribution in [0.3, 0.4) is 0 Å². The van der Waals surface area contributed by atoms with Gasteiger partial charge in [0, 0.05) is 25.6 Å². The number of methoxy groups -OCH3 is 1. The van der Waals surface area contributed by atoms with Crippen LogP contribution >= 0.6 is 0 Å². The molecule has 1 aliphatic rings. The SMILES string of the molecule is CCCNC(=O)/C(C#N)=C/c1ccc(OC(=O)CCCCCN2C(=O)c3cccc([N+](=O)[O-])c3C2=O)c(OC)c1. The molecule has 0 fully saturated rings. The fourth-order valence-electron chi connectivity index (χ4n) is 4.07. The molecule has 0 aromatic heterocycles. The van der Waals surface area contributed by atoms with Gasteiger partial charge in [-0.25, -0.2) is 0 Å². The summed E-state index contributed by atoms with van der Waals surface area (Å²) >= 11 is 0. The Morgan fingerprint density at radius 3 is 2.58 bits per heavy atom. The molecule has 0 spiro atoms. The number of hydrogen-bond acceptors (Lipinski definition) is 9. The molecule has 2 aromatic carbocycles. The number of imide groups is 1. The van der Waals surface area contributed by atoms with Crippen LogP contribution in [0.25, 0.3) is 6.08 Å². The second kappa shape index (κ2) is 13.7. The molecular weight excluding hydrogens is 520 g/mol. The van der Waals surface area contributed by atoms with Crippen LogP contribution in [0, 0.1) is 21.4 Å². The normalized spacial score (nSPS) is 12.5. The molecule has 0 radical (unpaired) electrons. The summed E-state index contributed by atoms with van der Waals surface area (Å²) in [6.07, 6.45) is 3.54. The molecule has 1 aliphatic heterocycles. The van der Waals surface area contributed by atoms with Crippen LogP contribution in [0.4, 0.5) is 5.69 Å². The van der Waals surface area contributed by atoms with Crippen molar-refractivity contribution in [1.82, 2.24) is 10.2 Å². The van der Waals surface area contributed by atoms with E-state index in [-0.39, 0.29) is 41.2 Å². The molecule has 0 saturated heterocycles. The van der Waals surface area contributed by atoms with E-state index in [0.717, 1.165) is 11.3 Å². The number of nitrogens with zero attached hydrogens (tertiary/aromatic N) is 3. The predicted molar refractivity (Wildman–Crippen MR) is 142 cm³/mol. The third kappa shape index (κ3) is 6.87. The molecule has 208 valence electrons. The topological polar surface area (TPSA) is 169 Å². The minimum Gasteiger partial charge on any atom is -0.493 e. The Balaban J connectivity index is 1.51. The van der Waals surface area contributed by atoms with Crippen LogP contribution in [0.15, 0.2) is 42.0 Å². The third-order valence-electron chi connectivity index (χ3n) is 6.06. The summed E-state index contributed by atoms with van der Waals surface area (Å²) in [5, 5.41) is 23.2. The molecular formula is C28H28N4O8. The summed E-state index contributed by atoms with van der Waals surface area (Å²) in [5.74, 6) is -1.85. The highest BCUT2D eigenvalue weighted by Gasteiger charge is 2.40. The van der Waals surface area contributed by atoms with Gasteiger partial charge in [-0.05, 0) is 49.1 Å². The van der Waals surface area contributed by atoms with Crippen molar-refractivity contribution in [3.63, 3.8) is 0 Å². The summed E-state index contributed by atoms with van der Waals surface area (Å²) in [6.45, 7) is 2.42. The number of nitro benzene ring substituents is 1. The molecule has 0 atom stereocenters. The number of carbonyl (C=O) groups is 4. The molecule has 0 saturated carbocycles. The van der Waals surface area contributed by atoms with Gasteiger partial charge in [-0.3, -0.25) is 34.2 Å². The number of unbranched alkanes of at least 4 members (excludes halogenated alkanes) is 2. The lowest BCUT2D eigenvalue weighted by Gasteiger charge is -2.13. The van der Waals surface area contributed by atoms with Crippen LogP contribution in [-0.4, -0.2) is 53.7 Å². The first kappa shape index (κ1) is 29.5. The Labute approximate surface area is 230 Å². The van der Waals surface area contributed by atoms with Crippen molar-refractivity contribution in [2.75, 3.05) is 20.2 Å². The van der Waals surface area contributed by atoms with E-state index in [1.165, 1.54) is 37.5 Å². The highest BCUT2D eigenvalue weighted by molar-refractivity contribution is 6.23. The quantitative estimate of drug-likeness (QED) is 0.0572. The Kier molecular flexibility index (Phi) is 10.1. The zero-order valence-electron chi connectivity index (χ0n) is 22.1. The number of hydrogen-bond donors (Lipinski definition) is 1. The summed E-state index contributed by atoms with van der Waals surface area (Å²) in [5.41, 5.74) is -0.136. The number of ether oxygens (including phenoxy) is 2. The lowest BCUT2D eigenvalue weighted by atomic mass is 10.1. The van der Waals surface area contributed by atoms with Gasteiger partial charge in [-0.2, -0.15) is 5.26 Å². The number of rotatable bonds is 13. The van der Waals surface area contributed by atoms with Crippen molar-refractivity contribution >= 4 is 35.5 Å². The molecule has 12 nitrogen and oxygen atoms in total. The second-order valence-electron chi connectivity index (χ2n) is 8.84. The maximum Gasteiger partial charge on any atom is 0.311 e. The summed E-state index contributed by atoms with van der Waals surface area (Å²) in [7, 11) is 1.40. The van der Waals surface area contributed by atoms with E-state index >= 15 is 0 Å². The lowest BCUT2D eigenvalue weighted by Crippen LogP contribution is -2.30. The molecule has 3 amide bonds. The van der Waals surface area contributed by atoms with Gasteiger partial charge >= 0.3 is 5.97 Å². The van der Waals surface area contributed by atoms with Crippen LogP contribution < -0.4 is 14.8 Å². The largest absolute Gasteiger partial charge is 0.493 e. The lowest BCUT2D eigenvalue weighted by molar-refractivity contribution is -0.385. The minimum atomic E-state index is -0.694. The van der Waals surface area contributed by atoms with Crippen molar-refractivity contribution in [1.29, 1.82) is 5.26 Å². The molecule has 0 unspecified atom stereocenters. The number of amides is 3. The zero-order chi connectivity index (χ0) is 29.2. The Bertz CT molecular complexity index is 1410. The summed E-state index contributed by atoms with van der Waals surface area (Å²) < 4.78 is 10.7. The number of nitrogens with one attached hydrogen (secondary N) is 1. The number of fused-ring (bicyclic) bond motifs is 1. The van der Waals surface area contributed by atoms with Crippen molar-refractivity contribution in [2.45, 2.75) is 39.0 Å². The monoisotopic (exact) mass is 548 g/mol. The molecule has 1 N–H and O–H groups in total. The van der Waals surface area contributed by atoms with Crippen molar-refractivity contribution < 1.29 is 33.6 Å². The van der Waals surface area contributed by atoms with Crippen LogP contribution in [0.1, 0.15) is 65.3 Å². The molecule has 0 bridgehead atoms. The van der Waals surface area contributed by atoms with Crippen molar-refractivity contribution in [3.05, 3.63) is 68.8 Å². The van der Waals surface area contributed by atoms with Crippen LogP contribution in [0.2, 0.25) is 0 Å². The first-order valence-corrected chi connectivity index (χ1v) is 12.6. The molecule has 0 aliphatic carbocycles. The van der Waals surface area contributed by atoms with E-state index < -0.39 is 34.3 Å². The summed E-state index contributed by atoms with van der Waals surface area (Å²) in [4.78, 5) is 61.2. The minimum absolute atomic E-state index is 0.0156. The van der Waals surface area contributed by atoms with Gasteiger partial charge < -0.3 is 14.8 Å². The van der Waals surface area contributed by atoms with Crippen molar-refractivity contribution in [3.8, 4) is 17.6 Å². The van der Waals surface area contributed by atoms with Crippen LogP contribution in [0.5, 0.6) is 11.5 Å². The maximum atomic E-state index is 12.6. The predicted octanol–water partition coefficient (Wildman–Crippen LogP) is 3.80. The van der Waals surface area contributed by atoms with Gasteiger partial charge in [0.25, 0.3) is 23.4 Å². The number of benzene rings is 2. The van der Waals surface area contributed by atoms with E-state index in [0.29, 0.717) is 31.4 Å². The van der Waals surface area contributed by atoms with E-state index in [1.807, 2.05) is 13.0 Å². The number of nitriles is 1. The highest BCUT2D eigenvalue weighted by atomic mass is 16.6. The molecule has 12 heteroatoms. The Hall–Kier alpha value is -5.05. The first-order valence-electron chi connectivity index (χ1n) is 12.6. The van der Waals surface area contributed by atoms with E-state index in [1.54, 1.807) is 12.1 Å². The number of esters is 1. The zero-order valence-corrected chi connectivity index (χ0v) is 22.1. The molecule has 3 rings (SSSR count). The van der Waals surface area contributed by atoms with E-state index in [2.05, 4.69) is 5.32 Å². The second-order valence-corrected chi connectivity index (χ2v) is 8.84. The Morgan fingerprint density at radius 1 is 1.12 bits per heavy atom. The van der Waals surface area contributed by atoms with Gasteiger partial charge in [0.1, 0.15) is 17.2 Å². The fraction of sp³-hybridized carbons (Fsp3) is 0.321.